The summed E-state index contributed by atoms with van der Waals surface area (Å²) in [6, 6.07) is 4.26. The Labute approximate surface area is 105 Å². The van der Waals surface area contributed by atoms with Crippen LogP contribution in [0.1, 0.15) is 16.8 Å². The molecule has 0 unspecified atom stereocenters. The van der Waals surface area contributed by atoms with Crippen LogP contribution >= 0.6 is 0 Å². The van der Waals surface area contributed by atoms with E-state index in [9.17, 15) is 9.18 Å². The van der Waals surface area contributed by atoms with E-state index in [2.05, 4.69) is 0 Å². The van der Waals surface area contributed by atoms with Crippen molar-refractivity contribution in [3.8, 4) is 5.75 Å². The van der Waals surface area contributed by atoms with E-state index in [1.807, 2.05) is 0 Å². The molecule has 98 valence electrons. The summed E-state index contributed by atoms with van der Waals surface area (Å²) in [4.78, 5) is 13.9. The lowest BCUT2D eigenvalue weighted by Gasteiger charge is -2.19. The molecule has 0 N–H and O–H groups in total. The van der Waals surface area contributed by atoms with Gasteiger partial charge < -0.3 is 14.4 Å². The maximum atomic E-state index is 13.5. The van der Waals surface area contributed by atoms with Crippen molar-refractivity contribution in [2.45, 2.75) is 6.42 Å². The van der Waals surface area contributed by atoms with Crippen LogP contribution in [-0.2, 0) is 4.74 Å². The lowest BCUT2D eigenvalue weighted by Crippen LogP contribution is -2.33. The molecule has 1 fully saturated rings. The molecule has 4 nitrogen and oxygen atoms in total. The van der Waals surface area contributed by atoms with Gasteiger partial charge in [-0.25, -0.2) is 4.39 Å². The fourth-order valence-electron chi connectivity index (χ4n) is 1.93. The van der Waals surface area contributed by atoms with E-state index in [-0.39, 0.29) is 11.7 Å². The van der Waals surface area contributed by atoms with E-state index in [0.29, 0.717) is 31.9 Å². The molecule has 0 atom stereocenters. The van der Waals surface area contributed by atoms with Crippen molar-refractivity contribution in [1.82, 2.24) is 4.90 Å². The predicted molar refractivity (Wildman–Crippen MR) is 64.3 cm³/mol. The Morgan fingerprint density at radius 1 is 1.39 bits per heavy atom. The molecule has 1 amide bonds. The van der Waals surface area contributed by atoms with Gasteiger partial charge in [-0.1, -0.05) is 0 Å². The molecule has 18 heavy (non-hydrogen) atoms. The molecule has 0 bridgehead atoms. The van der Waals surface area contributed by atoms with E-state index in [0.717, 1.165) is 6.42 Å². The minimum absolute atomic E-state index is 0.144. The topological polar surface area (TPSA) is 38.8 Å². The number of hydrogen-bond acceptors (Lipinski definition) is 3. The van der Waals surface area contributed by atoms with Crippen LogP contribution in [0.4, 0.5) is 4.39 Å². The normalized spacial score (nSPS) is 16.2. The van der Waals surface area contributed by atoms with Crippen molar-refractivity contribution in [1.29, 1.82) is 0 Å². The number of hydrogen-bond donors (Lipinski definition) is 0. The number of halogens is 1. The van der Waals surface area contributed by atoms with Gasteiger partial charge in [-0.2, -0.15) is 0 Å². The molecule has 0 spiro atoms. The molecule has 1 saturated heterocycles. The molecule has 1 aliphatic heterocycles. The van der Waals surface area contributed by atoms with Crippen LogP contribution in [0.25, 0.3) is 0 Å². The Hall–Kier alpha value is -1.62. The first-order valence-electron chi connectivity index (χ1n) is 5.93. The summed E-state index contributed by atoms with van der Waals surface area (Å²) in [6.45, 7) is 2.39. The molecule has 0 aromatic heterocycles. The van der Waals surface area contributed by atoms with Crippen LogP contribution < -0.4 is 4.74 Å². The second kappa shape index (κ2) is 5.82. The summed E-state index contributed by atoms with van der Waals surface area (Å²) in [6.07, 6.45) is 0.810. The Kier molecular flexibility index (Phi) is 4.15. The first-order chi connectivity index (χ1) is 8.72. The van der Waals surface area contributed by atoms with Crippen molar-refractivity contribution in [2.75, 3.05) is 33.4 Å². The number of amides is 1. The zero-order valence-corrected chi connectivity index (χ0v) is 10.3. The zero-order chi connectivity index (χ0) is 13.0. The SMILES string of the molecule is COc1ccc(C(=O)N2CCCOCC2)cc1F. The van der Waals surface area contributed by atoms with Crippen LogP contribution in [0, 0.1) is 5.82 Å². The Balaban J connectivity index is 2.14. The number of rotatable bonds is 2. The van der Waals surface area contributed by atoms with E-state index < -0.39 is 5.82 Å². The number of benzene rings is 1. The minimum Gasteiger partial charge on any atom is -0.494 e. The molecule has 1 aliphatic rings. The summed E-state index contributed by atoms with van der Waals surface area (Å²) in [5.41, 5.74) is 0.343. The first-order valence-corrected chi connectivity index (χ1v) is 5.93. The summed E-state index contributed by atoms with van der Waals surface area (Å²) < 4.78 is 23.6. The number of nitrogens with zero attached hydrogens (tertiary/aromatic N) is 1. The summed E-state index contributed by atoms with van der Waals surface area (Å²) in [7, 11) is 1.39. The predicted octanol–water partition coefficient (Wildman–Crippen LogP) is 1.70. The molecule has 0 aliphatic carbocycles. The third-order valence-corrected chi connectivity index (χ3v) is 2.91. The summed E-state index contributed by atoms with van der Waals surface area (Å²) >= 11 is 0. The van der Waals surface area contributed by atoms with Crippen molar-refractivity contribution < 1.29 is 18.7 Å². The largest absolute Gasteiger partial charge is 0.494 e. The second-order valence-corrected chi connectivity index (χ2v) is 4.11. The lowest BCUT2D eigenvalue weighted by atomic mass is 10.1. The van der Waals surface area contributed by atoms with Crippen LogP contribution in [-0.4, -0.2) is 44.2 Å². The number of methoxy groups -OCH3 is 1. The van der Waals surface area contributed by atoms with Crippen molar-refractivity contribution in [3.05, 3.63) is 29.6 Å². The molecule has 1 aromatic rings. The highest BCUT2D eigenvalue weighted by Crippen LogP contribution is 2.19. The highest BCUT2D eigenvalue weighted by atomic mass is 19.1. The van der Waals surface area contributed by atoms with Gasteiger partial charge in [0, 0.05) is 25.3 Å². The zero-order valence-electron chi connectivity index (χ0n) is 10.3. The van der Waals surface area contributed by atoms with Gasteiger partial charge in [-0.05, 0) is 24.6 Å². The Morgan fingerprint density at radius 3 is 2.94 bits per heavy atom. The third-order valence-electron chi connectivity index (χ3n) is 2.91. The molecule has 2 rings (SSSR count). The van der Waals surface area contributed by atoms with E-state index in [4.69, 9.17) is 9.47 Å². The fraction of sp³-hybridized carbons (Fsp3) is 0.462. The number of carbonyl (C=O) groups excluding carboxylic acids is 1. The third kappa shape index (κ3) is 2.79. The molecule has 0 saturated carbocycles. The maximum Gasteiger partial charge on any atom is 0.254 e. The highest BCUT2D eigenvalue weighted by molar-refractivity contribution is 5.94. The number of ether oxygens (including phenoxy) is 2. The van der Waals surface area contributed by atoms with Gasteiger partial charge in [-0.15, -0.1) is 0 Å². The van der Waals surface area contributed by atoms with Crippen LogP contribution in [0.5, 0.6) is 5.75 Å². The van der Waals surface area contributed by atoms with Gasteiger partial charge in [0.25, 0.3) is 5.91 Å². The molecule has 1 aromatic carbocycles. The van der Waals surface area contributed by atoms with Gasteiger partial charge >= 0.3 is 0 Å². The molecule has 0 radical (unpaired) electrons. The van der Waals surface area contributed by atoms with Crippen molar-refractivity contribution in [2.24, 2.45) is 0 Å². The average molecular weight is 253 g/mol. The maximum absolute atomic E-state index is 13.5. The monoisotopic (exact) mass is 253 g/mol. The summed E-state index contributed by atoms with van der Waals surface area (Å²) in [5, 5.41) is 0. The standard InChI is InChI=1S/C13H16FNO3/c1-17-12-4-3-10(9-11(12)14)13(16)15-5-2-7-18-8-6-15/h3-4,9H,2,5-8H2,1H3. The molecule has 1 heterocycles. The van der Waals surface area contributed by atoms with Gasteiger partial charge in [0.2, 0.25) is 0 Å². The van der Waals surface area contributed by atoms with Gasteiger partial charge in [-0.3, -0.25) is 4.79 Å². The van der Waals surface area contributed by atoms with Gasteiger partial charge in [0.15, 0.2) is 11.6 Å². The molecular weight excluding hydrogens is 237 g/mol. The average Bonchev–Trinajstić information content (AvgIpc) is 2.66. The quantitative estimate of drug-likeness (QED) is 0.805. The molecular formula is C13H16FNO3. The van der Waals surface area contributed by atoms with Crippen LogP contribution in [0.15, 0.2) is 18.2 Å². The Morgan fingerprint density at radius 2 is 2.22 bits per heavy atom. The van der Waals surface area contributed by atoms with Crippen LogP contribution in [0.2, 0.25) is 0 Å². The van der Waals surface area contributed by atoms with E-state index >= 15 is 0 Å². The van der Waals surface area contributed by atoms with Crippen molar-refractivity contribution >= 4 is 5.91 Å². The second-order valence-electron chi connectivity index (χ2n) is 4.11. The Bertz CT molecular complexity index is 428. The van der Waals surface area contributed by atoms with Gasteiger partial charge in [0.1, 0.15) is 0 Å². The van der Waals surface area contributed by atoms with Crippen LogP contribution in [0.3, 0.4) is 0 Å². The minimum atomic E-state index is -0.519. The van der Waals surface area contributed by atoms with E-state index in [1.54, 1.807) is 11.0 Å². The lowest BCUT2D eigenvalue weighted by molar-refractivity contribution is 0.0740. The smallest absolute Gasteiger partial charge is 0.254 e. The first kappa shape index (κ1) is 12.8. The molecule has 5 heteroatoms. The highest BCUT2D eigenvalue weighted by Gasteiger charge is 2.18. The van der Waals surface area contributed by atoms with Gasteiger partial charge in [0.05, 0.1) is 13.7 Å². The van der Waals surface area contributed by atoms with Crippen molar-refractivity contribution in [3.63, 3.8) is 0 Å². The number of carbonyl (C=O) groups is 1. The fourth-order valence-corrected chi connectivity index (χ4v) is 1.93. The van der Waals surface area contributed by atoms with E-state index in [1.165, 1.54) is 19.2 Å². The summed E-state index contributed by atoms with van der Waals surface area (Å²) in [5.74, 6) is -0.540.